The first-order valence-corrected chi connectivity index (χ1v) is 5.80. The highest BCUT2D eigenvalue weighted by atomic mass is 19.4. The van der Waals surface area contributed by atoms with Crippen LogP contribution in [0.1, 0.15) is 20.8 Å². The predicted molar refractivity (Wildman–Crippen MR) is 60.4 cm³/mol. The topological polar surface area (TPSA) is 30.5 Å². The fraction of sp³-hybridized carbons (Fsp3) is 1.00. The van der Waals surface area contributed by atoms with Gasteiger partial charge in [0.2, 0.25) is 6.10 Å². The number of hydrogen-bond acceptors (Lipinski definition) is 3. The van der Waals surface area contributed by atoms with Crippen LogP contribution in [0.3, 0.4) is 0 Å². The highest BCUT2D eigenvalue weighted by Crippen LogP contribution is 2.36. The van der Waals surface area contributed by atoms with E-state index in [2.05, 4.69) is 14.8 Å². The Labute approximate surface area is 113 Å². The van der Waals surface area contributed by atoms with Crippen molar-refractivity contribution >= 4 is 0 Å². The SMILES string of the molecule is COCC(CNC(C)(C)C)OC(C(F)(F)F)C(F)(F)F. The van der Waals surface area contributed by atoms with E-state index in [1.807, 2.05) is 0 Å². The Morgan fingerprint density at radius 3 is 1.70 bits per heavy atom. The molecule has 0 rings (SSSR count). The fourth-order valence-electron chi connectivity index (χ4n) is 1.28. The maximum atomic E-state index is 12.4. The number of nitrogens with one attached hydrogen (secondary N) is 1. The van der Waals surface area contributed by atoms with Gasteiger partial charge in [0.25, 0.3) is 0 Å². The summed E-state index contributed by atoms with van der Waals surface area (Å²) in [6.45, 7) is 4.59. The molecule has 0 aliphatic heterocycles. The zero-order chi connectivity index (χ0) is 16.2. The Bertz CT molecular complexity index is 270. The average Bonchev–Trinajstić information content (AvgIpc) is 2.17. The van der Waals surface area contributed by atoms with Gasteiger partial charge in [0.05, 0.1) is 12.7 Å². The highest BCUT2D eigenvalue weighted by Gasteiger charge is 2.58. The van der Waals surface area contributed by atoms with Crippen molar-refractivity contribution in [3.05, 3.63) is 0 Å². The summed E-state index contributed by atoms with van der Waals surface area (Å²) >= 11 is 0. The van der Waals surface area contributed by atoms with Gasteiger partial charge in [0.1, 0.15) is 0 Å². The summed E-state index contributed by atoms with van der Waals surface area (Å²) in [7, 11) is 1.17. The van der Waals surface area contributed by atoms with Crippen molar-refractivity contribution in [2.24, 2.45) is 0 Å². The number of hydrogen-bond donors (Lipinski definition) is 1. The molecule has 9 heteroatoms. The van der Waals surface area contributed by atoms with Crippen LogP contribution < -0.4 is 5.32 Å². The number of methoxy groups -OCH3 is 1. The Morgan fingerprint density at radius 1 is 0.950 bits per heavy atom. The molecule has 1 N–H and O–H groups in total. The lowest BCUT2D eigenvalue weighted by Crippen LogP contribution is -2.50. The normalized spacial score (nSPS) is 15.8. The van der Waals surface area contributed by atoms with Gasteiger partial charge in [-0.25, -0.2) is 0 Å². The molecule has 0 aliphatic carbocycles. The Balaban J connectivity index is 4.84. The monoisotopic (exact) mass is 311 g/mol. The molecule has 0 heterocycles. The molecular formula is C11H19F6NO2. The molecule has 0 amide bonds. The molecule has 0 bridgehead atoms. The fourth-order valence-corrected chi connectivity index (χ4v) is 1.28. The molecule has 0 saturated heterocycles. The van der Waals surface area contributed by atoms with Crippen molar-refractivity contribution in [3.8, 4) is 0 Å². The maximum Gasteiger partial charge on any atom is 0.423 e. The van der Waals surface area contributed by atoms with Gasteiger partial charge in [-0.15, -0.1) is 0 Å². The molecular weight excluding hydrogens is 292 g/mol. The first-order chi connectivity index (χ1) is 8.77. The van der Waals surface area contributed by atoms with Gasteiger partial charge in [-0.1, -0.05) is 0 Å². The minimum absolute atomic E-state index is 0.194. The lowest BCUT2D eigenvalue weighted by molar-refractivity contribution is -0.332. The molecule has 3 nitrogen and oxygen atoms in total. The van der Waals surface area contributed by atoms with E-state index >= 15 is 0 Å². The molecule has 1 atom stereocenters. The Morgan fingerprint density at radius 2 is 1.40 bits per heavy atom. The van der Waals surface area contributed by atoms with Crippen LogP contribution >= 0.6 is 0 Å². The second-order valence-corrected chi connectivity index (χ2v) is 5.31. The van der Waals surface area contributed by atoms with Gasteiger partial charge in [0, 0.05) is 19.2 Å². The van der Waals surface area contributed by atoms with Gasteiger partial charge >= 0.3 is 12.4 Å². The summed E-state index contributed by atoms with van der Waals surface area (Å²) < 4.78 is 83.1. The number of alkyl halides is 6. The molecule has 0 spiro atoms. The van der Waals surface area contributed by atoms with Gasteiger partial charge < -0.3 is 14.8 Å². The van der Waals surface area contributed by atoms with Crippen LogP contribution in [0.15, 0.2) is 0 Å². The first-order valence-electron chi connectivity index (χ1n) is 5.80. The van der Waals surface area contributed by atoms with Crippen LogP contribution in [0.5, 0.6) is 0 Å². The second-order valence-electron chi connectivity index (χ2n) is 5.31. The quantitative estimate of drug-likeness (QED) is 0.765. The third-order valence-corrected chi connectivity index (χ3v) is 2.14. The largest absolute Gasteiger partial charge is 0.423 e. The van der Waals surface area contributed by atoms with E-state index in [4.69, 9.17) is 0 Å². The van der Waals surface area contributed by atoms with Crippen LogP contribution in [-0.4, -0.2) is 50.4 Å². The maximum absolute atomic E-state index is 12.4. The molecule has 1 unspecified atom stereocenters. The van der Waals surface area contributed by atoms with Crippen LogP contribution in [0.2, 0.25) is 0 Å². The smallest absolute Gasteiger partial charge is 0.382 e. The van der Waals surface area contributed by atoms with Crippen molar-refractivity contribution in [1.82, 2.24) is 5.32 Å². The average molecular weight is 311 g/mol. The summed E-state index contributed by atoms with van der Waals surface area (Å²) in [5, 5.41) is 2.78. The van der Waals surface area contributed by atoms with Crippen LogP contribution in [0, 0.1) is 0 Å². The molecule has 0 aromatic carbocycles. The Kier molecular flexibility index (Phi) is 6.76. The third kappa shape index (κ3) is 7.91. The standard InChI is InChI=1S/C11H19F6NO2/c1-9(2,3)18-5-7(6-19-4)20-8(10(12,13)14)11(15,16)17/h7-8,18H,5-6H2,1-4H3. The van der Waals surface area contributed by atoms with E-state index in [1.165, 1.54) is 7.11 Å². The van der Waals surface area contributed by atoms with E-state index in [9.17, 15) is 26.3 Å². The van der Waals surface area contributed by atoms with Gasteiger partial charge in [-0.2, -0.15) is 26.3 Å². The number of halogens is 6. The minimum atomic E-state index is -5.52. The zero-order valence-corrected chi connectivity index (χ0v) is 11.7. The zero-order valence-electron chi connectivity index (χ0n) is 11.7. The molecule has 0 aliphatic rings. The summed E-state index contributed by atoms with van der Waals surface area (Å²) in [5.74, 6) is 0. The number of ether oxygens (including phenoxy) is 2. The van der Waals surface area contributed by atoms with E-state index in [0.29, 0.717) is 0 Å². The van der Waals surface area contributed by atoms with E-state index in [1.54, 1.807) is 20.8 Å². The van der Waals surface area contributed by atoms with E-state index in [0.717, 1.165) is 0 Å². The predicted octanol–water partition coefficient (Wildman–Crippen LogP) is 2.90. The number of rotatable bonds is 6. The van der Waals surface area contributed by atoms with Crippen molar-refractivity contribution in [3.63, 3.8) is 0 Å². The minimum Gasteiger partial charge on any atom is -0.382 e. The molecule has 0 fully saturated rings. The van der Waals surface area contributed by atoms with Crippen LogP contribution in [-0.2, 0) is 9.47 Å². The lowest BCUT2D eigenvalue weighted by Gasteiger charge is -2.30. The van der Waals surface area contributed by atoms with Crippen molar-refractivity contribution in [2.75, 3.05) is 20.3 Å². The van der Waals surface area contributed by atoms with Crippen molar-refractivity contribution in [2.45, 2.75) is 50.9 Å². The molecule has 20 heavy (non-hydrogen) atoms. The highest BCUT2D eigenvalue weighted by molar-refractivity contribution is 4.80. The lowest BCUT2D eigenvalue weighted by atomic mass is 10.1. The van der Waals surface area contributed by atoms with E-state index in [-0.39, 0.29) is 13.2 Å². The Hall–Kier alpha value is -0.540. The van der Waals surface area contributed by atoms with E-state index < -0.39 is 30.1 Å². The van der Waals surface area contributed by atoms with Crippen molar-refractivity contribution < 1.29 is 35.8 Å². The first kappa shape index (κ1) is 19.5. The van der Waals surface area contributed by atoms with Gasteiger partial charge in [0.15, 0.2) is 0 Å². The molecule has 0 aromatic heterocycles. The van der Waals surface area contributed by atoms with Gasteiger partial charge in [-0.05, 0) is 20.8 Å². The summed E-state index contributed by atoms with van der Waals surface area (Å²) in [4.78, 5) is 0. The second kappa shape index (κ2) is 6.95. The molecule has 122 valence electrons. The molecule has 0 saturated carbocycles. The van der Waals surface area contributed by atoms with Crippen molar-refractivity contribution in [1.29, 1.82) is 0 Å². The molecule has 0 radical (unpaired) electrons. The third-order valence-electron chi connectivity index (χ3n) is 2.14. The summed E-state index contributed by atoms with van der Waals surface area (Å²) in [6, 6.07) is 0. The summed E-state index contributed by atoms with van der Waals surface area (Å²) in [6.07, 6.45) is -16.2. The molecule has 0 aromatic rings. The summed E-state index contributed by atoms with van der Waals surface area (Å²) in [5.41, 5.74) is -0.471. The van der Waals surface area contributed by atoms with Gasteiger partial charge in [-0.3, -0.25) is 0 Å². The van der Waals surface area contributed by atoms with Crippen LogP contribution in [0.4, 0.5) is 26.3 Å². The van der Waals surface area contributed by atoms with Crippen LogP contribution in [0.25, 0.3) is 0 Å².